The first-order valence-corrected chi connectivity index (χ1v) is 19.7. The molecule has 2 heterocycles. The number of benzene rings is 2. The normalized spacial score (nSPS) is 34.3. The third-order valence-electron chi connectivity index (χ3n) is 11.2. The lowest BCUT2D eigenvalue weighted by molar-refractivity contribution is 0.0131. The van der Waals surface area contributed by atoms with Crippen molar-refractivity contribution in [3.05, 3.63) is 70.3 Å². The van der Waals surface area contributed by atoms with Gasteiger partial charge in [-0.2, -0.15) is 0 Å². The van der Waals surface area contributed by atoms with Crippen molar-refractivity contribution in [3.8, 4) is 5.75 Å². The van der Waals surface area contributed by atoms with Gasteiger partial charge in [-0.15, -0.1) is 4.36 Å². The van der Waals surface area contributed by atoms with Gasteiger partial charge in [0.25, 0.3) is 5.91 Å². The van der Waals surface area contributed by atoms with Crippen molar-refractivity contribution in [2.24, 2.45) is 28.0 Å². The molecule has 2 fully saturated rings. The van der Waals surface area contributed by atoms with Gasteiger partial charge in [-0.1, -0.05) is 36.7 Å². The fourth-order valence-corrected chi connectivity index (χ4v) is 10.4. The van der Waals surface area contributed by atoms with Crippen molar-refractivity contribution in [2.45, 2.75) is 75.9 Å². The number of amides is 3. The monoisotopic (exact) mass is 730 g/mol. The van der Waals surface area contributed by atoms with Crippen molar-refractivity contribution in [3.63, 3.8) is 0 Å². The molecule has 2 aliphatic heterocycles. The Balaban J connectivity index is 1.26. The van der Waals surface area contributed by atoms with Crippen molar-refractivity contribution in [2.75, 3.05) is 37.5 Å². The number of methoxy groups -OCH3 is 1. The molecule has 0 saturated heterocycles. The highest BCUT2D eigenvalue weighted by Crippen LogP contribution is 2.47. The Morgan fingerprint density at radius 1 is 1.22 bits per heavy atom. The van der Waals surface area contributed by atoms with E-state index in [0.29, 0.717) is 42.2 Å². The van der Waals surface area contributed by atoms with Gasteiger partial charge >= 0.3 is 6.03 Å². The number of carbonyl (C=O) groups is 2. The molecule has 2 saturated carbocycles. The van der Waals surface area contributed by atoms with Gasteiger partial charge in [0.05, 0.1) is 24.2 Å². The topological polar surface area (TPSA) is 109 Å². The first kappa shape index (κ1) is 35.2. The number of rotatable bonds is 4. The Morgan fingerprint density at radius 3 is 2.80 bits per heavy atom. The lowest BCUT2D eigenvalue weighted by Crippen LogP contribution is -2.49. The van der Waals surface area contributed by atoms with Crippen LogP contribution in [0.1, 0.15) is 66.9 Å². The third-order valence-corrected chi connectivity index (χ3v) is 13.5. The molecule has 3 aliphatic carbocycles. The predicted octanol–water partition coefficient (Wildman–Crippen LogP) is 6.93. The maximum atomic E-state index is 14.3. The largest absolute Gasteiger partial charge is 0.490 e. The zero-order valence-electron chi connectivity index (χ0n) is 28.4. The summed E-state index contributed by atoms with van der Waals surface area (Å²) >= 11 is 6.43. The van der Waals surface area contributed by atoms with Crippen molar-refractivity contribution in [1.29, 1.82) is 0 Å². The van der Waals surface area contributed by atoms with E-state index in [9.17, 15) is 22.6 Å². The van der Waals surface area contributed by atoms with Gasteiger partial charge in [0.1, 0.15) is 15.7 Å². The predicted molar refractivity (Wildman–Crippen MR) is 189 cm³/mol. The fraction of sp³-hybridized carbons (Fsp3) is 0.568. The van der Waals surface area contributed by atoms with Crippen LogP contribution >= 0.6 is 11.6 Å². The summed E-state index contributed by atoms with van der Waals surface area (Å²) in [6, 6.07) is 9.71. The van der Waals surface area contributed by atoms with E-state index in [1.54, 1.807) is 25.3 Å². The molecule has 13 heteroatoms. The molecule has 2 N–H and O–H groups in total. The van der Waals surface area contributed by atoms with Crippen LogP contribution in [-0.4, -0.2) is 67.3 Å². The molecule has 7 rings (SSSR count). The van der Waals surface area contributed by atoms with Gasteiger partial charge in [-0.25, -0.2) is 17.8 Å². The second-order valence-corrected chi connectivity index (χ2v) is 17.3. The SMILES string of the molecule is CO[C@H]1/C=C\C[C@H](C)CS(=O)(NC(=O)NC2C[C@H]2C(F)F)=NC(=O)c2ccc3c(c2)N(C[C@@H]2CC[C@H]21)C[C@@]1(CCCc2cc(Cl)ccc21)CO3. The minimum atomic E-state index is -3.64. The van der Waals surface area contributed by atoms with Crippen LogP contribution in [0, 0.1) is 23.7 Å². The number of carbonyl (C=O) groups excluding carboxylic acids is 2. The van der Waals surface area contributed by atoms with Crippen LogP contribution in [0.25, 0.3) is 0 Å². The molecule has 50 heavy (non-hydrogen) atoms. The number of aryl methyl sites for hydroxylation is 1. The minimum absolute atomic E-state index is 0.102. The van der Waals surface area contributed by atoms with Gasteiger partial charge in [0.2, 0.25) is 6.43 Å². The number of nitrogens with one attached hydrogen (secondary N) is 2. The Labute approximate surface area is 297 Å². The van der Waals surface area contributed by atoms with Crippen LogP contribution in [0.2, 0.25) is 5.02 Å². The standard InChI is InChI=1S/C37H45ClF2N4O5S/c1-22-5-3-7-32(48-2)27-11-8-25(27)18-44-20-37(14-4-6-23-15-26(38)10-12-29(23)37)21-49-33-13-9-24(16-31(33)44)35(45)42-50(47,19-22)43-36(46)41-30-17-28(30)34(39)40/h3,7,9-10,12-13,15-16,22,25,27-28,30,32,34H,4-6,8,11,14,17-21H2,1-2H3,(H2,41,42,43,45,46,47)/b7-3-/t22-,25-,27+,28+,30?,32-,37-,50?/m0/s1. The highest BCUT2D eigenvalue weighted by atomic mass is 35.5. The summed E-state index contributed by atoms with van der Waals surface area (Å²) in [5, 5.41) is 3.19. The number of nitrogens with zero attached hydrogens (tertiary/aromatic N) is 2. The smallest absolute Gasteiger partial charge is 0.327 e. The molecule has 2 bridgehead atoms. The third kappa shape index (κ3) is 7.25. The Bertz CT molecular complexity index is 1800. The van der Waals surface area contributed by atoms with E-state index in [1.807, 2.05) is 19.1 Å². The van der Waals surface area contributed by atoms with E-state index in [0.717, 1.165) is 44.3 Å². The molecule has 9 nitrogen and oxygen atoms in total. The number of hydrogen-bond donors (Lipinski definition) is 2. The average Bonchev–Trinajstić information content (AvgIpc) is 3.84. The summed E-state index contributed by atoms with van der Waals surface area (Å²) in [6.07, 6.45) is 7.07. The van der Waals surface area contributed by atoms with E-state index < -0.39 is 40.2 Å². The van der Waals surface area contributed by atoms with E-state index >= 15 is 0 Å². The zero-order chi connectivity index (χ0) is 35.2. The van der Waals surface area contributed by atoms with Gasteiger partial charge in [-0.05, 0) is 104 Å². The number of hydrogen-bond acceptors (Lipinski definition) is 6. The summed E-state index contributed by atoms with van der Waals surface area (Å²) in [6.45, 7) is 3.76. The number of urea groups is 1. The summed E-state index contributed by atoms with van der Waals surface area (Å²) in [5.74, 6) is -0.692. The Morgan fingerprint density at radius 2 is 2.06 bits per heavy atom. The minimum Gasteiger partial charge on any atom is -0.490 e. The van der Waals surface area contributed by atoms with Gasteiger partial charge < -0.3 is 19.7 Å². The second kappa shape index (κ2) is 14.1. The first-order chi connectivity index (χ1) is 24.0. The number of alkyl halides is 2. The lowest BCUT2D eigenvalue weighted by atomic mass is 9.68. The van der Waals surface area contributed by atoms with Crippen LogP contribution in [0.5, 0.6) is 5.75 Å². The molecule has 270 valence electrons. The molecule has 0 aromatic heterocycles. The maximum absolute atomic E-state index is 14.3. The van der Waals surface area contributed by atoms with Gasteiger partial charge in [0, 0.05) is 48.2 Å². The summed E-state index contributed by atoms with van der Waals surface area (Å²) in [4.78, 5) is 29.1. The van der Waals surface area contributed by atoms with Gasteiger partial charge in [0.15, 0.2) is 0 Å². The molecule has 8 atom stereocenters. The summed E-state index contributed by atoms with van der Waals surface area (Å²) in [7, 11) is -1.92. The number of halogens is 3. The maximum Gasteiger partial charge on any atom is 0.327 e. The number of fused-ring (bicyclic) bond motifs is 4. The highest BCUT2D eigenvalue weighted by Gasteiger charge is 2.46. The molecular weight excluding hydrogens is 686 g/mol. The summed E-state index contributed by atoms with van der Waals surface area (Å²) < 4.78 is 59.6. The molecule has 0 radical (unpaired) electrons. The number of ether oxygens (including phenoxy) is 2. The van der Waals surface area contributed by atoms with Crippen LogP contribution in [0.3, 0.4) is 0 Å². The summed E-state index contributed by atoms with van der Waals surface area (Å²) in [5.41, 5.74) is 3.17. The van der Waals surface area contributed by atoms with E-state index in [1.165, 1.54) is 11.1 Å². The van der Waals surface area contributed by atoms with E-state index in [4.69, 9.17) is 21.1 Å². The molecule has 2 unspecified atom stereocenters. The zero-order valence-corrected chi connectivity index (χ0v) is 30.0. The van der Waals surface area contributed by atoms with Crippen molar-refractivity contribution in [1.82, 2.24) is 10.0 Å². The molecule has 2 aromatic carbocycles. The van der Waals surface area contributed by atoms with Crippen LogP contribution < -0.4 is 19.7 Å². The lowest BCUT2D eigenvalue weighted by Gasteiger charge is -2.46. The molecule has 2 aromatic rings. The molecular formula is C37H45ClF2N4O5S. The Hall–Kier alpha value is -3.22. The van der Waals surface area contributed by atoms with Crippen LogP contribution in [0.15, 0.2) is 52.9 Å². The van der Waals surface area contributed by atoms with Gasteiger partial charge in [-0.3, -0.25) is 9.52 Å². The van der Waals surface area contributed by atoms with E-state index in [2.05, 4.69) is 37.5 Å². The number of allylic oxidation sites excluding steroid dienone is 1. The van der Waals surface area contributed by atoms with Crippen molar-refractivity contribution >= 4 is 39.1 Å². The second-order valence-electron chi connectivity index (χ2n) is 14.9. The quantitative estimate of drug-likeness (QED) is 0.331. The molecule has 5 aliphatic rings. The molecule has 3 amide bonds. The molecule has 1 spiro atoms. The van der Waals surface area contributed by atoms with Crippen LogP contribution in [-0.2, 0) is 26.5 Å². The Kier molecular flexibility index (Phi) is 9.90. The highest BCUT2D eigenvalue weighted by molar-refractivity contribution is 7.92. The van der Waals surface area contributed by atoms with Crippen molar-refractivity contribution < 1.29 is 32.1 Å². The fourth-order valence-electron chi connectivity index (χ4n) is 8.37. The first-order valence-electron chi connectivity index (χ1n) is 17.6. The average molecular weight is 731 g/mol. The number of anilines is 1. The van der Waals surface area contributed by atoms with Crippen LogP contribution in [0.4, 0.5) is 19.3 Å². The van der Waals surface area contributed by atoms with E-state index in [-0.39, 0.29) is 35.2 Å².